The fraction of sp³-hybridized carbons (Fsp3) is 0.765. The minimum atomic E-state index is -0.0286. The fourth-order valence-electron chi connectivity index (χ4n) is 1.83. The lowest BCUT2D eigenvalue weighted by atomic mass is 9.94. The zero-order chi connectivity index (χ0) is 17.5. The highest BCUT2D eigenvalue weighted by atomic mass is 16.4. The molecule has 2 N–H and O–H groups in total. The van der Waals surface area contributed by atoms with E-state index in [4.69, 9.17) is 4.42 Å². The summed E-state index contributed by atoms with van der Waals surface area (Å²) in [5.74, 6) is 2.32. The van der Waals surface area contributed by atoms with Gasteiger partial charge < -0.3 is 20.0 Å². The van der Waals surface area contributed by atoms with Crippen molar-refractivity contribution in [3.63, 3.8) is 0 Å². The van der Waals surface area contributed by atoms with Gasteiger partial charge in [0.05, 0.1) is 6.20 Å². The molecule has 0 atom stereocenters. The maximum absolute atomic E-state index is 5.77. The van der Waals surface area contributed by atoms with Crippen molar-refractivity contribution in [2.75, 3.05) is 26.7 Å². The van der Waals surface area contributed by atoms with Crippen molar-refractivity contribution in [3.8, 4) is 0 Å². The van der Waals surface area contributed by atoms with Crippen LogP contribution in [0.2, 0.25) is 0 Å². The van der Waals surface area contributed by atoms with E-state index in [1.165, 1.54) is 0 Å². The molecule has 0 aromatic carbocycles. The summed E-state index contributed by atoms with van der Waals surface area (Å²) in [6, 6.07) is 0.541. The van der Waals surface area contributed by atoms with Gasteiger partial charge in [0.2, 0.25) is 5.89 Å². The van der Waals surface area contributed by atoms with Crippen LogP contribution in [0.4, 0.5) is 0 Å². The monoisotopic (exact) mass is 323 g/mol. The Morgan fingerprint density at radius 2 is 2.04 bits per heavy atom. The number of rotatable bonds is 7. The summed E-state index contributed by atoms with van der Waals surface area (Å²) >= 11 is 0. The Morgan fingerprint density at radius 3 is 2.57 bits per heavy atom. The molecule has 6 nitrogen and oxygen atoms in total. The van der Waals surface area contributed by atoms with Gasteiger partial charge in [0, 0.05) is 31.1 Å². The topological polar surface area (TPSA) is 65.7 Å². The molecule has 1 aromatic rings. The average molecular weight is 323 g/mol. The molecule has 0 aliphatic rings. The molecule has 1 aromatic heterocycles. The Balaban J connectivity index is 2.56. The van der Waals surface area contributed by atoms with E-state index in [-0.39, 0.29) is 5.41 Å². The van der Waals surface area contributed by atoms with Crippen molar-refractivity contribution in [2.24, 2.45) is 4.99 Å². The summed E-state index contributed by atoms with van der Waals surface area (Å²) in [4.78, 5) is 11.1. The molecular weight excluding hydrogens is 290 g/mol. The van der Waals surface area contributed by atoms with Crippen LogP contribution in [-0.2, 0) is 12.0 Å². The van der Waals surface area contributed by atoms with Crippen LogP contribution in [0.5, 0.6) is 0 Å². The summed E-state index contributed by atoms with van der Waals surface area (Å²) < 4.78 is 5.77. The molecule has 0 amide bonds. The van der Waals surface area contributed by atoms with Crippen LogP contribution >= 0.6 is 0 Å². The van der Waals surface area contributed by atoms with Crippen LogP contribution in [0.25, 0.3) is 0 Å². The number of guanidine groups is 1. The van der Waals surface area contributed by atoms with Gasteiger partial charge in [-0.3, -0.25) is 0 Å². The van der Waals surface area contributed by atoms with E-state index in [1.807, 2.05) is 0 Å². The molecule has 0 aliphatic carbocycles. The SMILES string of the molecule is CCNC(=NCc1ncc(C(C)(C)C)o1)NCCN(C)C(C)C. The number of likely N-dealkylation sites (N-methyl/N-ethyl adjacent to an activating group) is 1. The van der Waals surface area contributed by atoms with Crippen molar-refractivity contribution in [1.82, 2.24) is 20.5 Å². The van der Waals surface area contributed by atoms with Crippen LogP contribution in [0.15, 0.2) is 15.6 Å². The fourth-order valence-corrected chi connectivity index (χ4v) is 1.83. The molecule has 132 valence electrons. The molecule has 1 rings (SSSR count). The number of aliphatic imine (C=N–C) groups is 1. The number of hydrogen-bond donors (Lipinski definition) is 2. The Bertz CT molecular complexity index is 487. The van der Waals surface area contributed by atoms with E-state index in [0.29, 0.717) is 18.5 Å². The van der Waals surface area contributed by atoms with Gasteiger partial charge >= 0.3 is 0 Å². The quantitative estimate of drug-likeness (QED) is 0.596. The van der Waals surface area contributed by atoms with E-state index < -0.39 is 0 Å². The van der Waals surface area contributed by atoms with Gasteiger partial charge in [-0.1, -0.05) is 20.8 Å². The van der Waals surface area contributed by atoms with E-state index in [9.17, 15) is 0 Å². The number of oxazole rings is 1. The molecule has 1 heterocycles. The van der Waals surface area contributed by atoms with Gasteiger partial charge in [0.1, 0.15) is 12.3 Å². The molecule has 6 heteroatoms. The van der Waals surface area contributed by atoms with Crippen molar-refractivity contribution in [3.05, 3.63) is 17.8 Å². The number of nitrogens with one attached hydrogen (secondary N) is 2. The zero-order valence-electron chi connectivity index (χ0n) is 15.7. The summed E-state index contributed by atoms with van der Waals surface area (Å²) in [5, 5.41) is 6.59. The second-order valence-electron chi connectivity index (χ2n) is 7.06. The van der Waals surface area contributed by atoms with Crippen molar-refractivity contribution in [1.29, 1.82) is 0 Å². The van der Waals surface area contributed by atoms with Crippen LogP contribution in [0.3, 0.4) is 0 Å². The third kappa shape index (κ3) is 7.03. The third-order valence-corrected chi connectivity index (χ3v) is 3.65. The second kappa shape index (κ2) is 8.91. The first-order chi connectivity index (χ1) is 10.7. The van der Waals surface area contributed by atoms with E-state index >= 15 is 0 Å². The Morgan fingerprint density at radius 1 is 1.35 bits per heavy atom. The first-order valence-corrected chi connectivity index (χ1v) is 8.41. The maximum atomic E-state index is 5.77. The highest BCUT2D eigenvalue weighted by Gasteiger charge is 2.19. The van der Waals surface area contributed by atoms with Crippen LogP contribution in [0, 0.1) is 0 Å². The molecule has 0 spiro atoms. The lowest BCUT2D eigenvalue weighted by Gasteiger charge is -2.21. The van der Waals surface area contributed by atoms with Crippen LogP contribution < -0.4 is 10.6 Å². The third-order valence-electron chi connectivity index (χ3n) is 3.65. The highest BCUT2D eigenvalue weighted by molar-refractivity contribution is 5.79. The van der Waals surface area contributed by atoms with E-state index in [2.05, 4.69) is 74.1 Å². The number of aromatic nitrogens is 1. The first kappa shape index (κ1) is 19.5. The van der Waals surface area contributed by atoms with Gasteiger partial charge in [-0.2, -0.15) is 0 Å². The normalized spacial score (nSPS) is 13.0. The molecule has 0 bridgehead atoms. The Kier molecular flexibility index (Phi) is 7.55. The highest BCUT2D eigenvalue weighted by Crippen LogP contribution is 2.22. The molecule has 0 saturated carbocycles. The second-order valence-corrected chi connectivity index (χ2v) is 7.06. The average Bonchev–Trinajstić information content (AvgIpc) is 2.93. The predicted octanol–water partition coefficient (Wildman–Crippen LogP) is 2.37. The van der Waals surface area contributed by atoms with Crippen LogP contribution in [-0.4, -0.2) is 48.6 Å². The molecule has 0 fully saturated rings. The van der Waals surface area contributed by atoms with Gasteiger partial charge in [0.25, 0.3) is 0 Å². The van der Waals surface area contributed by atoms with Crippen molar-refractivity contribution < 1.29 is 4.42 Å². The summed E-state index contributed by atoms with van der Waals surface area (Å²) in [5.41, 5.74) is -0.0286. The Labute approximate surface area is 140 Å². The Hall–Kier alpha value is -1.56. The van der Waals surface area contributed by atoms with Crippen molar-refractivity contribution >= 4 is 5.96 Å². The molecule has 0 unspecified atom stereocenters. The number of nitrogens with zero attached hydrogens (tertiary/aromatic N) is 3. The van der Waals surface area contributed by atoms with E-state index in [0.717, 1.165) is 31.4 Å². The summed E-state index contributed by atoms with van der Waals surface area (Å²) in [6.45, 7) is 15.8. The molecule has 0 aliphatic heterocycles. The minimum absolute atomic E-state index is 0.0286. The molecule has 0 radical (unpaired) electrons. The lowest BCUT2D eigenvalue weighted by Crippen LogP contribution is -2.42. The lowest BCUT2D eigenvalue weighted by molar-refractivity contribution is 0.278. The van der Waals surface area contributed by atoms with E-state index in [1.54, 1.807) is 6.20 Å². The minimum Gasteiger partial charge on any atom is -0.443 e. The van der Waals surface area contributed by atoms with Gasteiger partial charge in [0.15, 0.2) is 5.96 Å². The van der Waals surface area contributed by atoms with Crippen LogP contribution in [0.1, 0.15) is 53.2 Å². The van der Waals surface area contributed by atoms with Gasteiger partial charge in [-0.05, 0) is 27.8 Å². The largest absolute Gasteiger partial charge is 0.443 e. The van der Waals surface area contributed by atoms with Gasteiger partial charge in [-0.25, -0.2) is 9.98 Å². The molecular formula is C17H33N5O. The molecule has 0 saturated heterocycles. The summed E-state index contributed by atoms with van der Waals surface area (Å²) in [7, 11) is 2.12. The maximum Gasteiger partial charge on any atom is 0.216 e. The van der Waals surface area contributed by atoms with Crippen molar-refractivity contribution in [2.45, 2.75) is 59.5 Å². The summed E-state index contributed by atoms with van der Waals surface area (Å²) in [6.07, 6.45) is 1.79. The molecule has 23 heavy (non-hydrogen) atoms. The smallest absolute Gasteiger partial charge is 0.216 e. The first-order valence-electron chi connectivity index (χ1n) is 8.41. The standard InChI is InChI=1S/C17H33N5O/c1-8-18-16(19-9-10-22(7)13(2)3)21-12-15-20-11-14(23-15)17(4,5)6/h11,13H,8-10,12H2,1-7H3,(H2,18,19,21). The van der Waals surface area contributed by atoms with Gasteiger partial charge in [-0.15, -0.1) is 0 Å². The predicted molar refractivity (Wildman–Crippen MR) is 95.8 cm³/mol. The zero-order valence-corrected chi connectivity index (χ0v) is 15.7. The number of hydrogen-bond acceptors (Lipinski definition) is 4.